The molecule has 1 heterocycles. The second-order valence-electron chi connectivity index (χ2n) is 4.94. The highest BCUT2D eigenvalue weighted by Gasteiger charge is 2.34. The van der Waals surface area contributed by atoms with Crippen molar-refractivity contribution in [3.63, 3.8) is 0 Å². The van der Waals surface area contributed by atoms with Gasteiger partial charge in [-0.05, 0) is 30.7 Å². The number of carbonyl (C=O) groups excluding carboxylic acids is 1. The minimum Gasteiger partial charge on any atom is -0.496 e. The smallest absolute Gasteiger partial charge is 0.339 e. The zero-order valence-corrected chi connectivity index (χ0v) is 12.2. The quantitative estimate of drug-likeness (QED) is 0.811. The third-order valence-corrected chi connectivity index (χ3v) is 3.72. The monoisotopic (exact) mass is 284 g/mol. The van der Waals surface area contributed by atoms with Crippen molar-refractivity contribution in [1.29, 1.82) is 0 Å². The van der Waals surface area contributed by atoms with Crippen LogP contribution in [-0.4, -0.2) is 20.2 Å². The van der Waals surface area contributed by atoms with Crippen LogP contribution < -0.4 is 9.47 Å². The first kappa shape index (κ1) is 13.5. The van der Waals surface area contributed by atoms with E-state index in [9.17, 15) is 4.79 Å². The third-order valence-electron chi connectivity index (χ3n) is 3.72. The Kier molecular flexibility index (Phi) is 3.29. The summed E-state index contributed by atoms with van der Waals surface area (Å²) in [4.78, 5) is 12.0. The van der Waals surface area contributed by atoms with E-state index < -0.39 is 6.10 Å². The molecule has 0 radical (unpaired) electrons. The molecule has 108 valence electrons. The molecule has 1 aliphatic rings. The number of rotatable bonds is 3. The molecule has 0 bridgehead atoms. The summed E-state index contributed by atoms with van der Waals surface area (Å²) in [5, 5.41) is 0. The van der Waals surface area contributed by atoms with Gasteiger partial charge in [-0.2, -0.15) is 0 Å². The summed E-state index contributed by atoms with van der Waals surface area (Å²) in [7, 11) is 3.22. The van der Waals surface area contributed by atoms with Crippen molar-refractivity contribution in [1.82, 2.24) is 0 Å². The van der Waals surface area contributed by atoms with Crippen LogP contribution in [0.4, 0.5) is 0 Å². The second kappa shape index (κ2) is 5.13. The zero-order valence-electron chi connectivity index (χ0n) is 12.2. The lowest BCUT2D eigenvalue weighted by Crippen LogP contribution is -2.04. The largest absolute Gasteiger partial charge is 0.496 e. The van der Waals surface area contributed by atoms with Crippen LogP contribution in [0, 0.1) is 6.92 Å². The van der Waals surface area contributed by atoms with Gasteiger partial charge in [0.1, 0.15) is 11.5 Å². The first-order valence-corrected chi connectivity index (χ1v) is 6.68. The fourth-order valence-electron chi connectivity index (χ4n) is 2.66. The fraction of sp³-hybridized carbons (Fsp3) is 0.235. The second-order valence-corrected chi connectivity index (χ2v) is 4.94. The number of hydrogen-bond donors (Lipinski definition) is 0. The Hall–Kier alpha value is -2.49. The molecule has 4 nitrogen and oxygen atoms in total. The summed E-state index contributed by atoms with van der Waals surface area (Å²) in [6, 6.07) is 11.2. The molecule has 4 heteroatoms. The number of hydrogen-bond acceptors (Lipinski definition) is 4. The molecule has 3 rings (SSSR count). The van der Waals surface area contributed by atoms with Gasteiger partial charge in [-0.25, -0.2) is 4.79 Å². The van der Waals surface area contributed by atoms with Gasteiger partial charge in [0.15, 0.2) is 6.10 Å². The van der Waals surface area contributed by atoms with E-state index in [1.54, 1.807) is 20.3 Å². The average molecular weight is 284 g/mol. The maximum Gasteiger partial charge on any atom is 0.339 e. The Morgan fingerprint density at radius 3 is 2.43 bits per heavy atom. The van der Waals surface area contributed by atoms with Gasteiger partial charge in [0, 0.05) is 11.1 Å². The lowest BCUT2D eigenvalue weighted by molar-refractivity contribution is 0.0452. The lowest BCUT2D eigenvalue weighted by atomic mass is 9.97. The number of fused-ring (bicyclic) bond motifs is 1. The van der Waals surface area contributed by atoms with E-state index in [0.717, 1.165) is 22.4 Å². The summed E-state index contributed by atoms with van der Waals surface area (Å²) < 4.78 is 16.3. The van der Waals surface area contributed by atoms with Crippen LogP contribution in [0.15, 0.2) is 36.4 Å². The summed E-state index contributed by atoms with van der Waals surface area (Å²) in [5.41, 5.74) is 3.21. The molecule has 1 aliphatic heterocycles. The van der Waals surface area contributed by atoms with Crippen molar-refractivity contribution in [2.75, 3.05) is 14.2 Å². The third kappa shape index (κ3) is 2.13. The van der Waals surface area contributed by atoms with Gasteiger partial charge in [-0.3, -0.25) is 0 Å². The molecule has 1 atom stereocenters. The van der Waals surface area contributed by atoms with Crippen molar-refractivity contribution in [3.05, 3.63) is 58.7 Å². The number of ether oxygens (including phenoxy) is 3. The van der Waals surface area contributed by atoms with Crippen LogP contribution >= 0.6 is 0 Å². The normalized spacial score (nSPS) is 16.3. The molecule has 0 saturated carbocycles. The van der Waals surface area contributed by atoms with Crippen molar-refractivity contribution < 1.29 is 19.0 Å². The van der Waals surface area contributed by atoms with E-state index in [0.29, 0.717) is 11.3 Å². The van der Waals surface area contributed by atoms with E-state index in [4.69, 9.17) is 14.2 Å². The van der Waals surface area contributed by atoms with Gasteiger partial charge in [0.2, 0.25) is 0 Å². The Balaban J connectivity index is 2.15. The van der Waals surface area contributed by atoms with E-state index in [1.165, 1.54) is 0 Å². The molecule has 21 heavy (non-hydrogen) atoms. The van der Waals surface area contributed by atoms with Crippen LogP contribution in [0.5, 0.6) is 11.5 Å². The van der Waals surface area contributed by atoms with Crippen molar-refractivity contribution in [2.24, 2.45) is 0 Å². The molecular formula is C17H16O4. The molecule has 0 aromatic heterocycles. The van der Waals surface area contributed by atoms with E-state index >= 15 is 0 Å². The molecule has 0 fully saturated rings. The molecule has 0 amide bonds. The summed E-state index contributed by atoms with van der Waals surface area (Å²) in [6.45, 7) is 1.94. The number of methoxy groups -OCH3 is 2. The maximum absolute atomic E-state index is 12.0. The molecule has 0 N–H and O–H groups in total. The van der Waals surface area contributed by atoms with Gasteiger partial charge < -0.3 is 14.2 Å². The highest BCUT2D eigenvalue weighted by atomic mass is 16.6. The van der Waals surface area contributed by atoms with Crippen molar-refractivity contribution in [2.45, 2.75) is 13.0 Å². The molecule has 2 aromatic rings. The van der Waals surface area contributed by atoms with E-state index in [2.05, 4.69) is 0 Å². The van der Waals surface area contributed by atoms with E-state index in [-0.39, 0.29) is 5.97 Å². The minimum absolute atomic E-state index is 0.308. The van der Waals surface area contributed by atoms with Crippen LogP contribution in [0.1, 0.15) is 33.2 Å². The number of carbonyl (C=O) groups is 1. The molecule has 1 unspecified atom stereocenters. The average Bonchev–Trinajstić information content (AvgIpc) is 2.84. The number of benzene rings is 2. The SMILES string of the molecule is COc1cc(C2OC(=O)c3ccccc32)c(OC)cc1C. The predicted molar refractivity (Wildman–Crippen MR) is 78.0 cm³/mol. The van der Waals surface area contributed by atoms with Crippen LogP contribution in [0.2, 0.25) is 0 Å². The van der Waals surface area contributed by atoms with Gasteiger partial charge >= 0.3 is 5.97 Å². The van der Waals surface area contributed by atoms with Crippen LogP contribution in [-0.2, 0) is 4.74 Å². The minimum atomic E-state index is -0.460. The number of cyclic esters (lactones) is 1. The standard InChI is InChI=1S/C17H16O4/c1-10-8-15(20-3)13(9-14(10)19-2)16-11-6-4-5-7-12(11)17(18)21-16/h4-9,16H,1-3H3. The fourth-order valence-corrected chi connectivity index (χ4v) is 2.66. The Morgan fingerprint density at radius 2 is 1.71 bits per heavy atom. The molecule has 0 saturated heterocycles. The predicted octanol–water partition coefficient (Wildman–Crippen LogP) is 3.27. The Labute approximate surface area is 123 Å². The van der Waals surface area contributed by atoms with Gasteiger partial charge in [-0.1, -0.05) is 18.2 Å². The van der Waals surface area contributed by atoms with Crippen LogP contribution in [0.3, 0.4) is 0 Å². The Bertz CT molecular complexity index is 706. The van der Waals surface area contributed by atoms with Gasteiger partial charge in [-0.15, -0.1) is 0 Å². The maximum atomic E-state index is 12.0. The first-order valence-electron chi connectivity index (χ1n) is 6.68. The highest BCUT2D eigenvalue weighted by Crippen LogP contribution is 2.41. The summed E-state index contributed by atoms with van der Waals surface area (Å²) in [5.74, 6) is 1.12. The number of aryl methyl sites for hydroxylation is 1. The van der Waals surface area contributed by atoms with Crippen LogP contribution in [0.25, 0.3) is 0 Å². The highest BCUT2D eigenvalue weighted by molar-refractivity contribution is 5.94. The molecule has 2 aromatic carbocycles. The van der Waals surface area contributed by atoms with Gasteiger partial charge in [0.05, 0.1) is 19.8 Å². The lowest BCUT2D eigenvalue weighted by Gasteiger charge is -2.17. The molecular weight excluding hydrogens is 268 g/mol. The summed E-state index contributed by atoms with van der Waals surface area (Å²) >= 11 is 0. The zero-order chi connectivity index (χ0) is 15.0. The number of esters is 1. The first-order chi connectivity index (χ1) is 10.2. The Morgan fingerprint density at radius 1 is 1.00 bits per heavy atom. The molecule has 0 aliphatic carbocycles. The summed E-state index contributed by atoms with van der Waals surface area (Å²) in [6.07, 6.45) is -0.460. The van der Waals surface area contributed by atoms with Gasteiger partial charge in [0.25, 0.3) is 0 Å². The van der Waals surface area contributed by atoms with Crippen molar-refractivity contribution >= 4 is 5.97 Å². The topological polar surface area (TPSA) is 44.8 Å². The van der Waals surface area contributed by atoms with Crippen molar-refractivity contribution in [3.8, 4) is 11.5 Å². The molecule has 0 spiro atoms. The van der Waals surface area contributed by atoms with E-state index in [1.807, 2.05) is 37.3 Å².